The maximum Gasteiger partial charge on any atom is 0.277 e. The van der Waals surface area contributed by atoms with Crippen molar-refractivity contribution in [1.82, 2.24) is 29.9 Å². The largest absolute Gasteiger partial charge is 0.444 e. The summed E-state index contributed by atoms with van der Waals surface area (Å²) in [6.07, 6.45) is 10.6. The van der Waals surface area contributed by atoms with Gasteiger partial charge in [0.05, 0.1) is 29.7 Å². The summed E-state index contributed by atoms with van der Waals surface area (Å²) in [6, 6.07) is 1.97. The first kappa shape index (κ1) is 20.0. The lowest BCUT2D eigenvalue weighted by atomic mass is 9.95. The van der Waals surface area contributed by atoms with E-state index in [1.54, 1.807) is 10.9 Å². The fourth-order valence-corrected chi connectivity index (χ4v) is 3.94. The smallest absolute Gasteiger partial charge is 0.277 e. The average molecular weight is 439 g/mol. The molecule has 2 N–H and O–H groups in total. The molecule has 0 saturated heterocycles. The summed E-state index contributed by atoms with van der Waals surface area (Å²) >= 11 is 0. The van der Waals surface area contributed by atoms with Crippen LogP contribution in [0.3, 0.4) is 0 Å². The molecule has 0 radical (unpaired) electrons. The van der Waals surface area contributed by atoms with Gasteiger partial charge in [-0.2, -0.15) is 14.6 Å². The van der Waals surface area contributed by atoms with Crippen LogP contribution in [0, 0.1) is 11.8 Å². The minimum Gasteiger partial charge on any atom is -0.444 e. The number of carbonyl (C=O) groups is 1. The van der Waals surface area contributed by atoms with Crippen LogP contribution in [0.4, 0.5) is 14.5 Å². The summed E-state index contributed by atoms with van der Waals surface area (Å²) in [4.78, 5) is 20.8. The second-order valence-electron chi connectivity index (χ2n) is 7.59. The van der Waals surface area contributed by atoms with Gasteiger partial charge in [-0.1, -0.05) is 19.3 Å². The van der Waals surface area contributed by atoms with Crippen LogP contribution in [-0.2, 0) is 0 Å². The molecule has 1 saturated carbocycles. The van der Waals surface area contributed by atoms with Gasteiger partial charge < -0.3 is 9.73 Å². The van der Waals surface area contributed by atoms with Gasteiger partial charge in [0, 0.05) is 6.20 Å². The molecule has 5 rings (SSSR count). The maximum atomic E-state index is 14.7. The molecule has 1 aliphatic carbocycles. The van der Waals surface area contributed by atoms with E-state index in [9.17, 15) is 13.6 Å². The summed E-state index contributed by atoms with van der Waals surface area (Å²) in [7, 11) is 0. The average Bonchev–Trinajstić information content (AvgIpc) is 3.56. The van der Waals surface area contributed by atoms with Crippen molar-refractivity contribution in [2.75, 3.05) is 5.32 Å². The van der Waals surface area contributed by atoms with Gasteiger partial charge in [-0.3, -0.25) is 14.6 Å². The molecule has 0 aromatic carbocycles. The molecule has 0 unspecified atom stereocenters. The van der Waals surface area contributed by atoms with Gasteiger partial charge in [0.25, 0.3) is 5.91 Å². The van der Waals surface area contributed by atoms with Gasteiger partial charge in [0.2, 0.25) is 11.8 Å². The van der Waals surface area contributed by atoms with Gasteiger partial charge in [-0.25, -0.2) is 14.4 Å². The summed E-state index contributed by atoms with van der Waals surface area (Å²) < 4.78 is 35.5. The number of carbonyl (C=O) groups excluding carboxylic acids is 1. The SMILES string of the molecule is O=C(Nc1cnn(C2CCCCC2)c1-c1nc(F)ccc1F)c1coc(-c2cn[nH]c2)n1. The van der Waals surface area contributed by atoms with E-state index in [4.69, 9.17) is 4.42 Å². The molecule has 1 amide bonds. The highest BCUT2D eigenvalue weighted by molar-refractivity contribution is 6.04. The van der Waals surface area contributed by atoms with Crippen LogP contribution in [-0.4, -0.2) is 35.9 Å². The van der Waals surface area contributed by atoms with Gasteiger partial charge in [-0.05, 0) is 25.0 Å². The molecule has 0 bridgehead atoms. The van der Waals surface area contributed by atoms with E-state index in [2.05, 4.69) is 30.6 Å². The molecular weight excluding hydrogens is 420 g/mol. The topological polar surface area (TPSA) is 115 Å². The molecule has 1 fully saturated rings. The molecule has 0 spiro atoms. The highest BCUT2D eigenvalue weighted by Crippen LogP contribution is 2.36. The molecule has 32 heavy (non-hydrogen) atoms. The zero-order valence-corrected chi connectivity index (χ0v) is 16.9. The second kappa shape index (κ2) is 8.33. The maximum absolute atomic E-state index is 14.7. The Morgan fingerprint density at radius 1 is 1.16 bits per heavy atom. The summed E-state index contributed by atoms with van der Waals surface area (Å²) in [5.74, 6) is -1.89. The van der Waals surface area contributed by atoms with Gasteiger partial charge in [0.15, 0.2) is 11.5 Å². The number of hydrogen-bond donors (Lipinski definition) is 2. The molecule has 0 aliphatic heterocycles. The Bertz CT molecular complexity index is 1240. The summed E-state index contributed by atoms with van der Waals surface area (Å²) in [5, 5.41) is 13.5. The van der Waals surface area contributed by atoms with Crippen LogP contribution >= 0.6 is 0 Å². The van der Waals surface area contributed by atoms with Crippen molar-refractivity contribution in [2.45, 2.75) is 38.1 Å². The highest BCUT2D eigenvalue weighted by Gasteiger charge is 2.26. The lowest BCUT2D eigenvalue weighted by Crippen LogP contribution is -2.17. The van der Waals surface area contributed by atoms with Crippen molar-refractivity contribution < 1.29 is 18.0 Å². The molecule has 164 valence electrons. The number of halogens is 2. The van der Waals surface area contributed by atoms with E-state index in [-0.39, 0.29) is 34.7 Å². The lowest BCUT2D eigenvalue weighted by Gasteiger charge is -2.24. The van der Waals surface area contributed by atoms with Gasteiger partial charge in [0.1, 0.15) is 17.7 Å². The Kier molecular flexibility index (Phi) is 5.21. The first-order chi connectivity index (χ1) is 15.6. The highest BCUT2D eigenvalue weighted by atomic mass is 19.1. The molecule has 4 aromatic heterocycles. The van der Waals surface area contributed by atoms with Crippen molar-refractivity contribution in [3.8, 4) is 22.8 Å². The minimum atomic E-state index is -0.823. The fourth-order valence-electron chi connectivity index (χ4n) is 3.94. The zero-order chi connectivity index (χ0) is 22.1. The van der Waals surface area contributed by atoms with Crippen LogP contribution in [0.5, 0.6) is 0 Å². The number of pyridine rings is 1. The Labute approximate surface area is 180 Å². The van der Waals surface area contributed by atoms with Gasteiger partial charge in [-0.15, -0.1) is 0 Å². The number of H-pyrrole nitrogens is 1. The van der Waals surface area contributed by atoms with Crippen molar-refractivity contribution in [1.29, 1.82) is 0 Å². The number of nitrogens with one attached hydrogen (secondary N) is 2. The third-order valence-electron chi connectivity index (χ3n) is 5.48. The number of rotatable bonds is 5. The van der Waals surface area contributed by atoms with Crippen LogP contribution in [0.15, 0.2) is 41.4 Å². The Balaban J connectivity index is 1.50. The van der Waals surface area contributed by atoms with Gasteiger partial charge >= 0.3 is 0 Å². The number of nitrogens with zero attached hydrogens (tertiary/aromatic N) is 5. The number of oxazole rings is 1. The molecule has 4 aromatic rings. The van der Waals surface area contributed by atoms with Crippen molar-refractivity contribution in [3.63, 3.8) is 0 Å². The first-order valence-electron chi connectivity index (χ1n) is 10.3. The number of aromatic nitrogens is 6. The lowest BCUT2D eigenvalue weighted by molar-refractivity contribution is 0.102. The normalized spacial score (nSPS) is 14.6. The van der Waals surface area contributed by atoms with Crippen LogP contribution < -0.4 is 5.32 Å². The second-order valence-corrected chi connectivity index (χ2v) is 7.59. The molecular formula is C21H19F2N7O2. The molecule has 9 nitrogen and oxygen atoms in total. The molecule has 1 aliphatic rings. The van der Waals surface area contributed by atoms with Crippen LogP contribution in [0.25, 0.3) is 22.8 Å². The van der Waals surface area contributed by atoms with Crippen molar-refractivity contribution >= 4 is 11.6 Å². The fraction of sp³-hybridized carbons (Fsp3) is 0.286. The van der Waals surface area contributed by atoms with E-state index in [1.807, 2.05) is 0 Å². The standard InChI is InChI=1S/C21H19F2N7O2/c22-14-6-7-17(23)29-18(14)19-15(10-26-30(19)13-4-2-1-3-5-13)27-20(31)16-11-32-21(28-16)12-8-24-25-9-12/h6-11,13H,1-5H2,(H,24,25)(H,27,31). The summed E-state index contributed by atoms with van der Waals surface area (Å²) in [5.41, 5.74) is 0.833. The van der Waals surface area contributed by atoms with E-state index in [1.165, 1.54) is 18.7 Å². The predicted molar refractivity (Wildman–Crippen MR) is 110 cm³/mol. The minimum absolute atomic E-state index is 0.00798. The first-order valence-corrected chi connectivity index (χ1v) is 10.3. The van der Waals surface area contributed by atoms with Crippen LogP contribution in [0.2, 0.25) is 0 Å². The van der Waals surface area contributed by atoms with Crippen molar-refractivity contribution in [3.05, 3.63) is 54.4 Å². The third kappa shape index (κ3) is 3.77. The van der Waals surface area contributed by atoms with Crippen LogP contribution in [0.1, 0.15) is 48.6 Å². The predicted octanol–water partition coefficient (Wildman–Crippen LogP) is 4.36. The van der Waals surface area contributed by atoms with Crippen molar-refractivity contribution in [2.24, 2.45) is 0 Å². The monoisotopic (exact) mass is 439 g/mol. The summed E-state index contributed by atoms with van der Waals surface area (Å²) in [6.45, 7) is 0. The number of aromatic amines is 1. The molecule has 0 atom stereocenters. The number of hydrogen-bond acceptors (Lipinski definition) is 6. The quantitative estimate of drug-likeness (QED) is 0.447. The molecule has 11 heteroatoms. The zero-order valence-electron chi connectivity index (χ0n) is 16.9. The number of anilines is 1. The Morgan fingerprint density at radius 3 is 2.78 bits per heavy atom. The van der Waals surface area contributed by atoms with E-state index < -0.39 is 17.7 Å². The third-order valence-corrected chi connectivity index (χ3v) is 5.48. The Morgan fingerprint density at radius 2 is 2.00 bits per heavy atom. The van der Waals surface area contributed by atoms with E-state index in [0.717, 1.165) is 44.2 Å². The molecule has 4 heterocycles. The van der Waals surface area contributed by atoms with E-state index >= 15 is 0 Å². The Hall–Kier alpha value is -3.89. The van der Waals surface area contributed by atoms with E-state index in [0.29, 0.717) is 5.56 Å². The number of amides is 1.